The lowest BCUT2D eigenvalue weighted by molar-refractivity contribution is -0.118. The highest BCUT2D eigenvalue weighted by atomic mass is 16.3. The fourth-order valence-corrected chi connectivity index (χ4v) is 3.29. The van der Waals surface area contributed by atoms with Gasteiger partial charge in [0.25, 0.3) is 5.91 Å². The predicted octanol–water partition coefficient (Wildman–Crippen LogP) is 3.58. The Bertz CT molecular complexity index is 852. The molecule has 5 heteroatoms. The molecule has 3 rings (SSSR count). The first kappa shape index (κ1) is 16.9. The van der Waals surface area contributed by atoms with Crippen LogP contribution in [0.3, 0.4) is 0 Å². The number of hydrogen-bond donors (Lipinski definition) is 1. The van der Waals surface area contributed by atoms with Crippen molar-refractivity contribution in [3.8, 4) is 0 Å². The molecule has 1 aliphatic rings. The van der Waals surface area contributed by atoms with Crippen LogP contribution >= 0.6 is 0 Å². The number of aryl methyl sites for hydroxylation is 2. The molecule has 1 aromatic carbocycles. The molecular formula is C20H20N2O3. The summed E-state index contributed by atoms with van der Waals surface area (Å²) >= 11 is 0. The Kier molecular flexibility index (Phi) is 4.40. The summed E-state index contributed by atoms with van der Waals surface area (Å²) < 4.78 is 0. The maximum Gasteiger partial charge on any atom is 0.294 e. The predicted molar refractivity (Wildman–Crippen MR) is 95.3 cm³/mol. The fourth-order valence-electron chi connectivity index (χ4n) is 3.29. The van der Waals surface area contributed by atoms with Gasteiger partial charge in [0.05, 0.1) is 11.6 Å². The first-order valence-electron chi connectivity index (χ1n) is 8.22. The van der Waals surface area contributed by atoms with Gasteiger partial charge in [0, 0.05) is 24.5 Å². The number of carbonyl (C=O) groups excluding carboxylic acids is 2. The van der Waals surface area contributed by atoms with Crippen LogP contribution in [0.1, 0.15) is 36.1 Å². The molecule has 0 bridgehead atoms. The van der Waals surface area contributed by atoms with Gasteiger partial charge in [-0.2, -0.15) is 0 Å². The van der Waals surface area contributed by atoms with Gasteiger partial charge in [-0.15, -0.1) is 0 Å². The number of aromatic nitrogens is 1. The maximum atomic E-state index is 12.8. The van der Waals surface area contributed by atoms with Crippen LogP contribution < -0.4 is 4.90 Å². The number of benzene rings is 1. The molecule has 2 aromatic rings. The molecule has 0 saturated carbocycles. The van der Waals surface area contributed by atoms with Gasteiger partial charge in [0.2, 0.25) is 0 Å². The number of ketones is 1. The van der Waals surface area contributed by atoms with E-state index in [0.29, 0.717) is 11.3 Å². The summed E-state index contributed by atoms with van der Waals surface area (Å²) in [7, 11) is 0. The Labute approximate surface area is 146 Å². The molecule has 0 saturated heterocycles. The molecule has 1 aliphatic heterocycles. The molecule has 1 amide bonds. The van der Waals surface area contributed by atoms with Crippen LogP contribution in [0.4, 0.5) is 5.69 Å². The Morgan fingerprint density at radius 2 is 1.92 bits per heavy atom. The summed E-state index contributed by atoms with van der Waals surface area (Å²) in [5.74, 6) is -1.28. The third kappa shape index (κ3) is 2.93. The van der Waals surface area contributed by atoms with Crippen molar-refractivity contribution in [2.24, 2.45) is 0 Å². The lowest BCUT2D eigenvalue weighted by Gasteiger charge is -2.27. The second-order valence-electron chi connectivity index (χ2n) is 6.25. The van der Waals surface area contributed by atoms with Gasteiger partial charge in [-0.1, -0.05) is 19.1 Å². The van der Waals surface area contributed by atoms with Crippen molar-refractivity contribution in [1.82, 2.24) is 4.98 Å². The lowest BCUT2D eigenvalue weighted by Crippen LogP contribution is -2.31. The first-order valence-corrected chi connectivity index (χ1v) is 8.22. The van der Waals surface area contributed by atoms with Crippen LogP contribution in [-0.4, -0.2) is 21.8 Å². The number of aliphatic hydroxyl groups is 1. The summed E-state index contributed by atoms with van der Waals surface area (Å²) in [5.41, 5.74) is 3.49. The average Bonchev–Trinajstić information content (AvgIpc) is 2.86. The molecule has 1 unspecified atom stereocenters. The highest BCUT2D eigenvalue weighted by Gasteiger charge is 2.43. The number of Topliss-reactive ketones (excluding diaryl/α,β-unsaturated/α-hetero) is 1. The molecule has 1 atom stereocenters. The number of rotatable bonds is 4. The molecule has 2 heterocycles. The van der Waals surface area contributed by atoms with Crippen molar-refractivity contribution < 1.29 is 14.7 Å². The van der Waals surface area contributed by atoms with E-state index in [1.807, 2.05) is 38.1 Å². The van der Waals surface area contributed by atoms with Gasteiger partial charge in [-0.25, -0.2) is 0 Å². The fraction of sp³-hybridized carbons (Fsp3) is 0.250. The van der Waals surface area contributed by atoms with E-state index in [4.69, 9.17) is 0 Å². The summed E-state index contributed by atoms with van der Waals surface area (Å²) in [5, 5.41) is 10.4. The number of carbonyl (C=O) groups is 2. The van der Waals surface area contributed by atoms with Gasteiger partial charge in [-0.3, -0.25) is 19.5 Å². The zero-order chi connectivity index (χ0) is 18.1. The second-order valence-corrected chi connectivity index (χ2v) is 6.25. The van der Waals surface area contributed by atoms with Crippen molar-refractivity contribution in [3.63, 3.8) is 0 Å². The van der Waals surface area contributed by atoms with E-state index in [1.54, 1.807) is 25.4 Å². The minimum absolute atomic E-state index is 0.139. The summed E-state index contributed by atoms with van der Waals surface area (Å²) in [4.78, 5) is 30.8. The van der Waals surface area contributed by atoms with E-state index in [-0.39, 0.29) is 17.8 Å². The minimum atomic E-state index is -0.671. The molecule has 0 aliphatic carbocycles. The molecule has 0 spiro atoms. The Morgan fingerprint density at radius 3 is 2.48 bits per heavy atom. The van der Waals surface area contributed by atoms with Crippen molar-refractivity contribution in [1.29, 1.82) is 0 Å². The highest BCUT2D eigenvalue weighted by molar-refractivity contribution is 6.16. The standard InChI is InChI=1S/C20H20N2O3/c1-4-16(23)17-18(14-6-5-7-21-11-14)22(20(25)19(17)24)15-9-12(2)8-13(3)10-15/h5-11,18,24H,4H2,1-3H3. The van der Waals surface area contributed by atoms with Crippen LogP contribution in [0.25, 0.3) is 0 Å². The molecular weight excluding hydrogens is 316 g/mol. The van der Waals surface area contributed by atoms with E-state index in [1.165, 1.54) is 4.90 Å². The van der Waals surface area contributed by atoms with Gasteiger partial charge in [0.1, 0.15) is 0 Å². The van der Waals surface area contributed by atoms with Crippen LogP contribution in [0.15, 0.2) is 54.1 Å². The third-order valence-electron chi connectivity index (χ3n) is 4.31. The third-order valence-corrected chi connectivity index (χ3v) is 4.31. The number of hydrogen-bond acceptors (Lipinski definition) is 4. The molecule has 0 fully saturated rings. The molecule has 128 valence electrons. The maximum absolute atomic E-state index is 12.8. The zero-order valence-electron chi connectivity index (χ0n) is 14.5. The Balaban J connectivity index is 2.20. The summed E-state index contributed by atoms with van der Waals surface area (Å²) in [6, 6.07) is 8.65. The van der Waals surface area contributed by atoms with Crippen LogP contribution in [0, 0.1) is 13.8 Å². The SMILES string of the molecule is CCC(=O)C1=C(O)C(=O)N(c2cc(C)cc(C)c2)C1c1cccnc1. The molecule has 0 radical (unpaired) electrons. The first-order chi connectivity index (χ1) is 11.9. The number of pyridine rings is 1. The summed E-state index contributed by atoms with van der Waals surface area (Å²) in [6.07, 6.45) is 3.46. The summed E-state index contributed by atoms with van der Waals surface area (Å²) in [6.45, 7) is 5.61. The second kappa shape index (κ2) is 6.51. The number of nitrogens with zero attached hydrogens (tertiary/aromatic N) is 2. The molecule has 1 N–H and O–H groups in total. The van der Waals surface area contributed by atoms with Gasteiger partial charge in [0.15, 0.2) is 11.5 Å². The number of aliphatic hydroxyl groups excluding tert-OH is 1. The van der Waals surface area contributed by atoms with E-state index >= 15 is 0 Å². The molecule has 5 nitrogen and oxygen atoms in total. The van der Waals surface area contributed by atoms with Crippen molar-refractivity contribution in [2.75, 3.05) is 4.90 Å². The minimum Gasteiger partial charge on any atom is -0.503 e. The van der Waals surface area contributed by atoms with Crippen molar-refractivity contribution in [3.05, 3.63) is 70.7 Å². The largest absolute Gasteiger partial charge is 0.503 e. The van der Waals surface area contributed by atoms with Gasteiger partial charge >= 0.3 is 0 Å². The topological polar surface area (TPSA) is 70.5 Å². The van der Waals surface area contributed by atoms with E-state index in [9.17, 15) is 14.7 Å². The van der Waals surface area contributed by atoms with Gasteiger partial charge in [-0.05, 0) is 48.7 Å². The van der Waals surface area contributed by atoms with E-state index in [2.05, 4.69) is 4.98 Å². The average molecular weight is 336 g/mol. The van der Waals surface area contributed by atoms with Crippen molar-refractivity contribution in [2.45, 2.75) is 33.2 Å². The molecule has 1 aromatic heterocycles. The van der Waals surface area contributed by atoms with Crippen LogP contribution in [0.2, 0.25) is 0 Å². The molecule has 25 heavy (non-hydrogen) atoms. The quantitative estimate of drug-likeness (QED) is 0.926. The monoisotopic (exact) mass is 336 g/mol. The lowest BCUT2D eigenvalue weighted by atomic mass is 9.96. The zero-order valence-corrected chi connectivity index (χ0v) is 14.5. The normalized spacial score (nSPS) is 17.3. The Hall–Kier alpha value is -2.95. The smallest absolute Gasteiger partial charge is 0.294 e. The van der Waals surface area contributed by atoms with E-state index < -0.39 is 17.7 Å². The highest BCUT2D eigenvalue weighted by Crippen LogP contribution is 2.41. The van der Waals surface area contributed by atoms with Gasteiger partial charge < -0.3 is 5.11 Å². The van der Waals surface area contributed by atoms with Crippen molar-refractivity contribution >= 4 is 17.4 Å². The van der Waals surface area contributed by atoms with Crippen LogP contribution in [0.5, 0.6) is 0 Å². The number of anilines is 1. The van der Waals surface area contributed by atoms with Crippen LogP contribution in [-0.2, 0) is 9.59 Å². The Morgan fingerprint density at radius 1 is 1.24 bits per heavy atom. The van der Waals surface area contributed by atoms with E-state index in [0.717, 1.165) is 11.1 Å². The number of amides is 1.